The Morgan fingerprint density at radius 3 is 2.76 bits per heavy atom. The van der Waals surface area contributed by atoms with Gasteiger partial charge in [-0.05, 0) is 38.5 Å². The van der Waals surface area contributed by atoms with Crippen LogP contribution in [0.3, 0.4) is 0 Å². The number of rotatable bonds is 4. The second-order valence-corrected chi connectivity index (χ2v) is 5.62. The van der Waals surface area contributed by atoms with Gasteiger partial charge in [-0.2, -0.15) is 0 Å². The molecule has 1 aromatic carbocycles. The third kappa shape index (κ3) is 3.80. The van der Waals surface area contributed by atoms with Crippen LogP contribution in [-0.4, -0.2) is 36.6 Å². The summed E-state index contributed by atoms with van der Waals surface area (Å²) < 4.78 is 5.17. The predicted octanol–water partition coefficient (Wildman–Crippen LogP) is 0.881. The lowest BCUT2D eigenvalue weighted by Crippen LogP contribution is -2.51. The van der Waals surface area contributed by atoms with Crippen LogP contribution >= 0.6 is 0 Å². The Morgan fingerprint density at radius 1 is 1.38 bits per heavy atom. The van der Waals surface area contributed by atoms with Gasteiger partial charge in [0.2, 0.25) is 5.91 Å². The molecule has 0 spiro atoms. The zero-order valence-corrected chi connectivity index (χ0v) is 12.3. The summed E-state index contributed by atoms with van der Waals surface area (Å²) in [5, 5.41) is 5.55. The second kappa shape index (κ2) is 6.24. The van der Waals surface area contributed by atoms with Crippen molar-refractivity contribution in [2.24, 2.45) is 5.73 Å². The summed E-state index contributed by atoms with van der Waals surface area (Å²) in [6.45, 7) is 4.48. The maximum absolute atomic E-state index is 12.2. The van der Waals surface area contributed by atoms with E-state index in [1.807, 2.05) is 13.8 Å². The molecule has 4 N–H and O–H groups in total. The van der Waals surface area contributed by atoms with Crippen molar-refractivity contribution in [2.75, 3.05) is 18.5 Å². The number of anilines is 1. The van der Waals surface area contributed by atoms with Crippen LogP contribution in [0.2, 0.25) is 0 Å². The van der Waals surface area contributed by atoms with E-state index in [2.05, 4.69) is 10.6 Å². The zero-order chi connectivity index (χ0) is 15.5. The van der Waals surface area contributed by atoms with Crippen LogP contribution in [0.15, 0.2) is 24.3 Å². The van der Waals surface area contributed by atoms with Crippen LogP contribution in [-0.2, 0) is 9.53 Å². The molecule has 0 aromatic heterocycles. The molecular formula is C15H21N3O3. The number of nitrogens with two attached hydrogens (primary N) is 1. The second-order valence-electron chi connectivity index (χ2n) is 5.62. The Bertz CT molecular complexity index is 537. The number of carbonyl (C=O) groups excluding carboxylic acids is 2. The van der Waals surface area contributed by atoms with E-state index in [9.17, 15) is 9.59 Å². The fourth-order valence-corrected chi connectivity index (χ4v) is 2.10. The Hall–Kier alpha value is -1.92. The highest BCUT2D eigenvalue weighted by Crippen LogP contribution is 2.19. The van der Waals surface area contributed by atoms with Crippen LogP contribution in [0.4, 0.5) is 5.69 Å². The maximum atomic E-state index is 12.2. The molecule has 1 fully saturated rings. The monoisotopic (exact) mass is 291 g/mol. The summed E-state index contributed by atoms with van der Waals surface area (Å²) in [7, 11) is 0. The lowest BCUT2D eigenvalue weighted by atomic mass is 9.99. The summed E-state index contributed by atoms with van der Waals surface area (Å²) in [5.74, 6) is -0.464. The topological polar surface area (TPSA) is 93.5 Å². The number of hydrogen-bond donors (Lipinski definition) is 3. The molecule has 1 aromatic rings. The van der Waals surface area contributed by atoms with E-state index in [-0.39, 0.29) is 24.5 Å². The predicted molar refractivity (Wildman–Crippen MR) is 80.0 cm³/mol. The molecule has 0 radical (unpaired) electrons. The highest BCUT2D eigenvalue weighted by Gasteiger charge is 2.38. The summed E-state index contributed by atoms with van der Waals surface area (Å²) in [6, 6.07) is 6.83. The van der Waals surface area contributed by atoms with Gasteiger partial charge in [0.05, 0.1) is 6.61 Å². The number of hydrogen-bond acceptors (Lipinski definition) is 4. The first-order chi connectivity index (χ1) is 9.90. The minimum Gasteiger partial charge on any atom is -0.379 e. The molecule has 6 heteroatoms. The van der Waals surface area contributed by atoms with Gasteiger partial charge in [0.15, 0.2) is 0 Å². The number of amides is 2. The SMILES string of the molecule is CC(C)NC(=O)c1cccc(NC(=O)C2(N)CCOC2)c1. The number of ether oxygens (including phenoxy) is 1. The molecular weight excluding hydrogens is 270 g/mol. The molecule has 2 amide bonds. The van der Waals surface area contributed by atoms with Crippen molar-refractivity contribution >= 4 is 17.5 Å². The number of carbonyl (C=O) groups is 2. The summed E-state index contributed by atoms with van der Waals surface area (Å²) in [5.41, 5.74) is 6.05. The van der Waals surface area contributed by atoms with Crippen LogP contribution in [0, 0.1) is 0 Å². The smallest absolute Gasteiger partial charge is 0.251 e. The van der Waals surface area contributed by atoms with E-state index >= 15 is 0 Å². The lowest BCUT2D eigenvalue weighted by molar-refractivity contribution is -0.121. The van der Waals surface area contributed by atoms with Gasteiger partial charge < -0.3 is 21.1 Å². The van der Waals surface area contributed by atoms with Gasteiger partial charge in [-0.25, -0.2) is 0 Å². The summed E-state index contributed by atoms with van der Waals surface area (Å²) in [6.07, 6.45) is 0.492. The first-order valence-corrected chi connectivity index (χ1v) is 7.00. The standard InChI is InChI=1S/C15H21N3O3/c1-10(2)17-13(19)11-4-3-5-12(8-11)18-14(20)15(16)6-7-21-9-15/h3-5,8,10H,6-7,9,16H2,1-2H3,(H,17,19)(H,18,20). The number of benzene rings is 1. The van der Waals surface area contributed by atoms with Gasteiger partial charge in [0.25, 0.3) is 5.91 Å². The Kier molecular flexibility index (Phi) is 4.59. The highest BCUT2D eigenvalue weighted by atomic mass is 16.5. The van der Waals surface area contributed by atoms with E-state index in [4.69, 9.17) is 10.5 Å². The van der Waals surface area contributed by atoms with E-state index < -0.39 is 5.54 Å². The summed E-state index contributed by atoms with van der Waals surface area (Å²) in [4.78, 5) is 24.1. The largest absolute Gasteiger partial charge is 0.379 e. The maximum Gasteiger partial charge on any atom is 0.251 e. The van der Waals surface area contributed by atoms with E-state index in [0.29, 0.717) is 24.3 Å². The molecule has 114 valence electrons. The van der Waals surface area contributed by atoms with Gasteiger partial charge in [-0.3, -0.25) is 9.59 Å². The minimum atomic E-state index is -0.990. The Balaban J connectivity index is 2.07. The highest BCUT2D eigenvalue weighted by molar-refractivity contribution is 6.00. The van der Waals surface area contributed by atoms with Crippen molar-refractivity contribution < 1.29 is 14.3 Å². The first kappa shape index (κ1) is 15.5. The fourth-order valence-electron chi connectivity index (χ4n) is 2.10. The van der Waals surface area contributed by atoms with Gasteiger partial charge in [-0.15, -0.1) is 0 Å². The minimum absolute atomic E-state index is 0.0543. The van der Waals surface area contributed by atoms with Crippen molar-refractivity contribution in [2.45, 2.75) is 31.8 Å². The molecule has 0 aliphatic carbocycles. The van der Waals surface area contributed by atoms with Crippen molar-refractivity contribution in [3.05, 3.63) is 29.8 Å². The normalized spacial score (nSPS) is 21.3. The average Bonchev–Trinajstić information content (AvgIpc) is 2.86. The van der Waals surface area contributed by atoms with Gasteiger partial charge in [0.1, 0.15) is 5.54 Å². The molecule has 1 saturated heterocycles. The van der Waals surface area contributed by atoms with Crippen LogP contribution in [0.5, 0.6) is 0 Å². The summed E-state index contributed by atoms with van der Waals surface area (Å²) >= 11 is 0. The van der Waals surface area contributed by atoms with Crippen molar-refractivity contribution in [1.29, 1.82) is 0 Å². The Labute approximate surface area is 124 Å². The van der Waals surface area contributed by atoms with Crippen LogP contribution in [0.1, 0.15) is 30.6 Å². The molecule has 0 bridgehead atoms. The molecule has 1 aliphatic rings. The first-order valence-electron chi connectivity index (χ1n) is 7.00. The zero-order valence-electron chi connectivity index (χ0n) is 12.3. The van der Waals surface area contributed by atoms with E-state index in [1.165, 1.54) is 0 Å². The lowest BCUT2D eigenvalue weighted by Gasteiger charge is -2.20. The van der Waals surface area contributed by atoms with Crippen molar-refractivity contribution in [3.63, 3.8) is 0 Å². The van der Waals surface area contributed by atoms with Gasteiger partial charge in [-0.1, -0.05) is 6.07 Å². The van der Waals surface area contributed by atoms with Crippen LogP contribution in [0.25, 0.3) is 0 Å². The molecule has 6 nitrogen and oxygen atoms in total. The van der Waals surface area contributed by atoms with Crippen LogP contribution < -0.4 is 16.4 Å². The quantitative estimate of drug-likeness (QED) is 0.767. The molecule has 1 aliphatic heterocycles. The van der Waals surface area contributed by atoms with Crippen molar-refractivity contribution in [3.8, 4) is 0 Å². The van der Waals surface area contributed by atoms with Gasteiger partial charge in [0, 0.05) is 23.9 Å². The molecule has 21 heavy (non-hydrogen) atoms. The molecule has 0 saturated carbocycles. The average molecular weight is 291 g/mol. The molecule has 2 rings (SSSR count). The van der Waals surface area contributed by atoms with E-state index in [1.54, 1.807) is 24.3 Å². The fraction of sp³-hybridized carbons (Fsp3) is 0.467. The third-order valence-electron chi connectivity index (χ3n) is 3.31. The van der Waals surface area contributed by atoms with Gasteiger partial charge >= 0.3 is 0 Å². The molecule has 1 unspecified atom stereocenters. The molecule has 1 heterocycles. The van der Waals surface area contributed by atoms with E-state index in [0.717, 1.165) is 0 Å². The molecule has 1 atom stereocenters. The van der Waals surface area contributed by atoms with Crippen molar-refractivity contribution in [1.82, 2.24) is 5.32 Å². The third-order valence-corrected chi connectivity index (χ3v) is 3.31. The number of nitrogens with one attached hydrogen (secondary N) is 2. The Morgan fingerprint density at radius 2 is 2.14 bits per heavy atom.